The topological polar surface area (TPSA) is 70.7 Å². The molecule has 1 aliphatic carbocycles. The Morgan fingerprint density at radius 3 is 2.60 bits per heavy atom. The summed E-state index contributed by atoms with van der Waals surface area (Å²) in [4.78, 5) is 24.5. The molecule has 0 unspecified atom stereocenters. The number of H-pyrrole nitrogens is 1. The minimum absolute atomic E-state index is 0.158. The summed E-state index contributed by atoms with van der Waals surface area (Å²) in [7, 11) is 0. The smallest absolute Gasteiger partial charge is 0.262 e. The van der Waals surface area contributed by atoms with Gasteiger partial charge in [-0.25, -0.2) is 4.98 Å². The first-order valence-corrected chi connectivity index (χ1v) is 9.41. The molecule has 1 aromatic carbocycles. The number of benzene rings is 1. The summed E-state index contributed by atoms with van der Waals surface area (Å²) >= 11 is 3.44. The Kier molecular flexibility index (Phi) is 4.53. The van der Waals surface area contributed by atoms with Gasteiger partial charge < -0.3 is 5.32 Å². The van der Waals surface area contributed by atoms with Gasteiger partial charge in [-0.3, -0.25) is 9.78 Å². The van der Waals surface area contributed by atoms with E-state index in [4.69, 9.17) is 0 Å². The van der Waals surface area contributed by atoms with Crippen molar-refractivity contribution >= 4 is 32.9 Å². The van der Waals surface area contributed by atoms with Crippen molar-refractivity contribution in [2.75, 3.05) is 5.32 Å². The first-order valence-electron chi connectivity index (χ1n) is 8.62. The highest BCUT2D eigenvalue weighted by molar-refractivity contribution is 9.10. The van der Waals surface area contributed by atoms with Gasteiger partial charge in [0.2, 0.25) is 5.95 Å². The van der Waals surface area contributed by atoms with Crippen LogP contribution in [0.25, 0.3) is 22.2 Å². The van der Waals surface area contributed by atoms with Crippen LogP contribution in [0.2, 0.25) is 0 Å². The van der Waals surface area contributed by atoms with Gasteiger partial charge in [-0.1, -0.05) is 47.3 Å². The van der Waals surface area contributed by atoms with Crippen LogP contribution in [-0.4, -0.2) is 21.0 Å². The summed E-state index contributed by atoms with van der Waals surface area (Å²) in [5.41, 5.74) is 2.13. The van der Waals surface area contributed by atoms with Crippen LogP contribution in [0.4, 0.5) is 5.95 Å². The molecule has 0 spiro atoms. The molecular weight excluding hydrogens is 380 g/mol. The van der Waals surface area contributed by atoms with Gasteiger partial charge in [0, 0.05) is 16.7 Å². The van der Waals surface area contributed by atoms with Crippen molar-refractivity contribution in [1.29, 1.82) is 0 Å². The molecule has 2 N–H and O–H groups in total. The predicted molar refractivity (Wildman–Crippen MR) is 104 cm³/mol. The van der Waals surface area contributed by atoms with Crippen molar-refractivity contribution in [3.05, 3.63) is 51.4 Å². The summed E-state index contributed by atoms with van der Waals surface area (Å²) in [5.74, 6) is 0.518. The molecule has 2 heterocycles. The maximum atomic E-state index is 12.7. The van der Waals surface area contributed by atoms with E-state index in [-0.39, 0.29) is 5.56 Å². The van der Waals surface area contributed by atoms with E-state index in [9.17, 15) is 4.79 Å². The van der Waals surface area contributed by atoms with Gasteiger partial charge in [-0.15, -0.1) is 0 Å². The van der Waals surface area contributed by atoms with E-state index in [1.165, 1.54) is 19.3 Å². The minimum Gasteiger partial charge on any atom is -0.353 e. The highest BCUT2D eigenvalue weighted by Gasteiger charge is 2.16. The normalized spacial score (nSPS) is 15.4. The summed E-state index contributed by atoms with van der Waals surface area (Å²) in [5, 5.41) is 3.89. The molecule has 0 radical (unpaired) electrons. The second-order valence-electron chi connectivity index (χ2n) is 6.46. The molecule has 2 aromatic heterocycles. The summed E-state index contributed by atoms with van der Waals surface area (Å²) in [6.45, 7) is 0. The van der Waals surface area contributed by atoms with Crippen molar-refractivity contribution in [1.82, 2.24) is 15.0 Å². The molecule has 5 nitrogen and oxygen atoms in total. The van der Waals surface area contributed by atoms with E-state index in [1.54, 1.807) is 6.20 Å². The Morgan fingerprint density at radius 1 is 1.08 bits per heavy atom. The Labute approximate surface area is 154 Å². The molecule has 4 rings (SSSR count). The number of nitrogens with one attached hydrogen (secondary N) is 2. The third-order valence-electron chi connectivity index (χ3n) is 4.71. The van der Waals surface area contributed by atoms with Crippen molar-refractivity contribution in [2.45, 2.75) is 38.1 Å². The van der Waals surface area contributed by atoms with Gasteiger partial charge in [-0.2, -0.15) is 4.98 Å². The van der Waals surface area contributed by atoms with Gasteiger partial charge in [0.1, 0.15) is 0 Å². The molecule has 6 heteroatoms. The van der Waals surface area contributed by atoms with Crippen LogP contribution in [0.5, 0.6) is 0 Å². The first kappa shape index (κ1) is 16.3. The molecule has 25 heavy (non-hydrogen) atoms. The van der Waals surface area contributed by atoms with Crippen LogP contribution in [-0.2, 0) is 0 Å². The summed E-state index contributed by atoms with van der Waals surface area (Å²) in [6, 6.07) is 10.1. The molecule has 1 fully saturated rings. The predicted octanol–water partition coefficient (Wildman–Crippen LogP) is 4.49. The Hall–Kier alpha value is -2.21. The lowest BCUT2D eigenvalue weighted by atomic mass is 9.96. The zero-order valence-corrected chi connectivity index (χ0v) is 15.3. The van der Waals surface area contributed by atoms with Gasteiger partial charge in [0.05, 0.1) is 5.39 Å². The molecule has 0 saturated heterocycles. The number of fused-ring (bicyclic) bond motifs is 1. The molecule has 0 bridgehead atoms. The fraction of sp³-hybridized carbons (Fsp3) is 0.316. The van der Waals surface area contributed by atoms with Crippen LogP contribution in [0.3, 0.4) is 0 Å². The van der Waals surface area contributed by atoms with E-state index in [2.05, 4.69) is 36.2 Å². The van der Waals surface area contributed by atoms with Gasteiger partial charge in [0.25, 0.3) is 5.56 Å². The standard InChI is InChI=1S/C19H19BrN4O/c20-13-8-6-12(7-9-13)15-10-11-21-17-16(15)18(25)24-19(23-17)22-14-4-2-1-3-5-14/h6-11,14H,1-5H2,(H2,21,22,23,24,25). The molecule has 128 valence electrons. The minimum atomic E-state index is -0.158. The number of hydrogen-bond acceptors (Lipinski definition) is 4. The Morgan fingerprint density at radius 2 is 1.84 bits per heavy atom. The highest BCUT2D eigenvalue weighted by Crippen LogP contribution is 2.26. The van der Waals surface area contributed by atoms with Gasteiger partial charge >= 0.3 is 0 Å². The lowest BCUT2D eigenvalue weighted by Gasteiger charge is -2.22. The van der Waals surface area contributed by atoms with Crippen LogP contribution in [0, 0.1) is 0 Å². The number of anilines is 1. The largest absolute Gasteiger partial charge is 0.353 e. The third kappa shape index (κ3) is 3.44. The zero-order valence-electron chi connectivity index (χ0n) is 13.8. The Bertz CT molecular complexity index is 946. The Balaban J connectivity index is 1.75. The SMILES string of the molecule is O=c1[nH]c(NC2CCCCC2)nc2nccc(-c3ccc(Br)cc3)c12. The fourth-order valence-electron chi connectivity index (χ4n) is 3.44. The maximum Gasteiger partial charge on any atom is 0.262 e. The molecule has 0 aliphatic heterocycles. The lowest BCUT2D eigenvalue weighted by Crippen LogP contribution is -2.25. The monoisotopic (exact) mass is 398 g/mol. The van der Waals surface area contributed by atoms with Gasteiger partial charge in [-0.05, 0) is 42.2 Å². The quantitative estimate of drug-likeness (QED) is 0.681. The third-order valence-corrected chi connectivity index (χ3v) is 5.24. The molecule has 0 amide bonds. The maximum absolute atomic E-state index is 12.7. The van der Waals surface area contributed by atoms with Crippen molar-refractivity contribution in [3.63, 3.8) is 0 Å². The average molecular weight is 399 g/mol. The molecule has 1 aliphatic rings. The molecule has 1 saturated carbocycles. The number of halogens is 1. The summed E-state index contributed by atoms with van der Waals surface area (Å²) in [6.07, 6.45) is 7.68. The van der Waals surface area contributed by atoms with Crippen LogP contribution in [0.1, 0.15) is 32.1 Å². The number of pyridine rings is 1. The molecule has 3 aromatic rings. The van der Waals surface area contributed by atoms with E-state index in [0.717, 1.165) is 28.4 Å². The second kappa shape index (κ2) is 6.96. The van der Waals surface area contributed by atoms with E-state index in [0.29, 0.717) is 23.0 Å². The average Bonchev–Trinajstić information content (AvgIpc) is 2.63. The van der Waals surface area contributed by atoms with E-state index >= 15 is 0 Å². The number of nitrogens with zero attached hydrogens (tertiary/aromatic N) is 2. The van der Waals surface area contributed by atoms with Gasteiger partial charge in [0.15, 0.2) is 5.65 Å². The number of rotatable bonds is 3. The lowest BCUT2D eigenvalue weighted by molar-refractivity contribution is 0.461. The number of hydrogen-bond donors (Lipinski definition) is 2. The van der Waals surface area contributed by atoms with Crippen molar-refractivity contribution in [3.8, 4) is 11.1 Å². The molecular formula is C19H19BrN4O. The fourth-order valence-corrected chi connectivity index (χ4v) is 3.71. The van der Waals surface area contributed by atoms with Crippen molar-refractivity contribution < 1.29 is 0 Å². The van der Waals surface area contributed by atoms with Crippen LogP contribution in [0.15, 0.2) is 45.8 Å². The summed E-state index contributed by atoms with van der Waals surface area (Å²) < 4.78 is 1.00. The zero-order chi connectivity index (χ0) is 17.2. The second-order valence-corrected chi connectivity index (χ2v) is 7.37. The van der Waals surface area contributed by atoms with Crippen LogP contribution >= 0.6 is 15.9 Å². The van der Waals surface area contributed by atoms with E-state index < -0.39 is 0 Å². The van der Waals surface area contributed by atoms with E-state index in [1.807, 2.05) is 30.3 Å². The molecule has 0 atom stereocenters. The number of aromatic nitrogens is 3. The highest BCUT2D eigenvalue weighted by atomic mass is 79.9. The van der Waals surface area contributed by atoms with Crippen molar-refractivity contribution in [2.24, 2.45) is 0 Å². The first-order chi connectivity index (χ1) is 12.2. The van der Waals surface area contributed by atoms with Crippen LogP contribution < -0.4 is 10.9 Å². The number of aromatic amines is 1.